The van der Waals surface area contributed by atoms with Gasteiger partial charge in [-0.3, -0.25) is 9.59 Å². The van der Waals surface area contributed by atoms with Gasteiger partial charge >= 0.3 is 5.97 Å². The van der Waals surface area contributed by atoms with Crippen molar-refractivity contribution in [2.45, 2.75) is 53.4 Å². The van der Waals surface area contributed by atoms with Crippen molar-refractivity contribution in [1.29, 1.82) is 0 Å². The molecule has 0 aromatic heterocycles. The summed E-state index contributed by atoms with van der Waals surface area (Å²) in [6.45, 7) is 7.43. The summed E-state index contributed by atoms with van der Waals surface area (Å²) in [6, 6.07) is 0. The first kappa shape index (κ1) is 15.1. The Morgan fingerprint density at radius 1 is 1.31 bits per heavy atom. The Bertz CT molecular complexity index is 244. The fourth-order valence-corrected chi connectivity index (χ4v) is 1.86. The first-order valence-electron chi connectivity index (χ1n) is 5.94. The molecule has 1 atom stereocenters. The molecule has 0 spiro atoms. The minimum atomic E-state index is -0.441. The molecule has 0 aromatic rings. The van der Waals surface area contributed by atoms with Gasteiger partial charge in [0, 0.05) is 5.92 Å². The molecular formula is C13H24O3. The number of ketones is 1. The summed E-state index contributed by atoms with van der Waals surface area (Å²) >= 11 is 0. The van der Waals surface area contributed by atoms with E-state index in [0.29, 0.717) is 0 Å². The number of hydrogen-bond acceptors (Lipinski definition) is 3. The standard InChI is InChI=1S/C13H24O3/c1-6-11(10(2)14)8-7-9-13(3,4)12(15)16-5/h11H,6-9H2,1-5H3. The smallest absolute Gasteiger partial charge is 0.311 e. The van der Waals surface area contributed by atoms with E-state index in [0.717, 1.165) is 25.7 Å². The third kappa shape index (κ3) is 4.77. The molecule has 94 valence electrons. The van der Waals surface area contributed by atoms with Crippen molar-refractivity contribution in [3.63, 3.8) is 0 Å². The molecule has 0 aliphatic carbocycles. The number of methoxy groups -OCH3 is 1. The monoisotopic (exact) mass is 228 g/mol. The molecule has 0 rings (SSSR count). The van der Waals surface area contributed by atoms with E-state index in [1.54, 1.807) is 6.92 Å². The van der Waals surface area contributed by atoms with Crippen LogP contribution < -0.4 is 0 Å². The average molecular weight is 228 g/mol. The molecule has 0 radical (unpaired) electrons. The average Bonchev–Trinajstić information content (AvgIpc) is 2.22. The van der Waals surface area contributed by atoms with Crippen molar-refractivity contribution < 1.29 is 14.3 Å². The lowest BCUT2D eigenvalue weighted by molar-refractivity contribution is -0.151. The molecule has 0 fully saturated rings. The lowest BCUT2D eigenvalue weighted by Crippen LogP contribution is -2.25. The Balaban J connectivity index is 4.06. The van der Waals surface area contributed by atoms with Crippen LogP contribution in [0.1, 0.15) is 53.4 Å². The molecule has 0 aliphatic rings. The Morgan fingerprint density at radius 2 is 1.88 bits per heavy atom. The number of esters is 1. The predicted octanol–water partition coefficient (Wildman–Crippen LogP) is 2.97. The molecule has 0 aliphatic heterocycles. The summed E-state index contributed by atoms with van der Waals surface area (Å²) in [5.74, 6) is 0.218. The van der Waals surface area contributed by atoms with Gasteiger partial charge in [-0.2, -0.15) is 0 Å². The Hall–Kier alpha value is -0.860. The third-order valence-electron chi connectivity index (χ3n) is 3.16. The molecule has 16 heavy (non-hydrogen) atoms. The number of hydrogen-bond donors (Lipinski definition) is 0. The summed E-state index contributed by atoms with van der Waals surface area (Å²) in [5.41, 5.74) is -0.441. The molecular weight excluding hydrogens is 204 g/mol. The first-order chi connectivity index (χ1) is 7.35. The van der Waals surface area contributed by atoms with E-state index in [9.17, 15) is 9.59 Å². The van der Waals surface area contributed by atoms with Gasteiger partial charge in [-0.15, -0.1) is 0 Å². The number of carbonyl (C=O) groups excluding carboxylic acids is 2. The van der Waals surface area contributed by atoms with Gasteiger partial charge < -0.3 is 4.74 Å². The van der Waals surface area contributed by atoms with E-state index >= 15 is 0 Å². The minimum absolute atomic E-state index is 0.147. The van der Waals surface area contributed by atoms with Crippen LogP contribution in [0.4, 0.5) is 0 Å². The van der Waals surface area contributed by atoms with E-state index in [-0.39, 0.29) is 17.7 Å². The maximum Gasteiger partial charge on any atom is 0.311 e. The van der Waals surface area contributed by atoms with Crippen molar-refractivity contribution in [3.05, 3.63) is 0 Å². The second kappa shape index (κ2) is 6.66. The summed E-state index contributed by atoms with van der Waals surface area (Å²) < 4.78 is 4.74. The fourth-order valence-electron chi connectivity index (χ4n) is 1.86. The van der Waals surface area contributed by atoms with Crippen LogP contribution >= 0.6 is 0 Å². The van der Waals surface area contributed by atoms with Gasteiger partial charge in [0.25, 0.3) is 0 Å². The Labute approximate surface area is 98.6 Å². The van der Waals surface area contributed by atoms with Crippen molar-refractivity contribution in [3.8, 4) is 0 Å². The number of ether oxygens (including phenoxy) is 1. The Kier molecular flexibility index (Phi) is 6.31. The summed E-state index contributed by atoms with van der Waals surface area (Å²) in [6.07, 6.45) is 3.41. The maximum atomic E-state index is 11.4. The summed E-state index contributed by atoms with van der Waals surface area (Å²) in [4.78, 5) is 22.7. The largest absolute Gasteiger partial charge is 0.469 e. The maximum absolute atomic E-state index is 11.4. The summed E-state index contributed by atoms with van der Waals surface area (Å²) in [7, 11) is 1.41. The molecule has 3 nitrogen and oxygen atoms in total. The van der Waals surface area contributed by atoms with Crippen LogP contribution in [0.25, 0.3) is 0 Å². The molecule has 0 saturated heterocycles. The Morgan fingerprint density at radius 3 is 2.25 bits per heavy atom. The van der Waals surface area contributed by atoms with E-state index in [1.165, 1.54) is 7.11 Å². The van der Waals surface area contributed by atoms with Crippen molar-refractivity contribution in [2.24, 2.45) is 11.3 Å². The second-order valence-corrected chi connectivity index (χ2v) is 4.98. The molecule has 1 unspecified atom stereocenters. The van der Waals surface area contributed by atoms with Gasteiger partial charge in [-0.25, -0.2) is 0 Å². The molecule has 0 heterocycles. The van der Waals surface area contributed by atoms with Gasteiger partial charge in [-0.1, -0.05) is 13.3 Å². The zero-order valence-corrected chi connectivity index (χ0v) is 11.1. The van der Waals surface area contributed by atoms with Gasteiger partial charge in [0.15, 0.2) is 0 Å². The van der Waals surface area contributed by atoms with Crippen LogP contribution in [0.5, 0.6) is 0 Å². The fraction of sp³-hybridized carbons (Fsp3) is 0.846. The molecule has 0 N–H and O–H groups in total. The van der Waals surface area contributed by atoms with E-state index in [1.807, 2.05) is 20.8 Å². The molecule has 0 saturated carbocycles. The van der Waals surface area contributed by atoms with Crippen LogP contribution in [0.3, 0.4) is 0 Å². The van der Waals surface area contributed by atoms with Gasteiger partial charge in [0.2, 0.25) is 0 Å². The molecule has 0 aromatic carbocycles. The highest BCUT2D eigenvalue weighted by molar-refractivity contribution is 5.78. The van der Waals surface area contributed by atoms with Crippen molar-refractivity contribution in [2.75, 3.05) is 7.11 Å². The van der Waals surface area contributed by atoms with Crippen LogP contribution in [0.2, 0.25) is 0 Å². The van der Waals surface area contributed by atoms with Crippen LogP contribution in [-0.4, -0.2) is 18.9 Å². The van der Waals surface area contributed by atoms with E-state index in [2.05, 4.69) is 0 Å². The van der Waals surface area contributed by atoms with E-state index in [4.69, 9.17) is 4.74 Å². The highest BCUT2D eigenvalue weighted by Gasteiger charge is 2.28. The normalized spacial score (nSPS) is 13.3. The van der Waals surface area contributed by atoms with Crippen LogP contribution in [-0.2, 0) is 14.3 Å². The second-order valence-electron chi connectivity index (χ2n) is 4.98. The number of Topliss-reactive ketones (excluding diaryl/α,β-unsaturated/α-hetero) is 1. The molecule has 0 bridgehead atoms. The topological polar surface area (TPSA) is 43.4 Å². The van der Waals surface area contributed by atoms with E-state index < -0.39 is 5.41 Å². The minimum Gasteiger partial charge on any atom is -0.469 e. The zero-order valence-electron chi connectivity index (χ0n) is 11.1. The van der Waals surface area contributed by atoms with Gasteiger partial charge in [0.05, 0.1) is 12.5 Å². The molecule has 0 amide bonds. The highest BCUT2D eigenvalue weighted by atomic mass is 16.5. The molecule has 3 heteroatoms. The van der Waals surface area contributed by atoms with Crippen LogP contribution in [0, 0.1) is 11.3 Å². The lowest BCUT2D eigenvalue weighted by atomic mass is 9.85. The summed E-state index contributed by atoms with van der Waals surface area (Å²) in [5, 5.41) is 0. The number of carbonyl (C=O) groups is 2. The third-order valence-corrected chi connectivity index (χ3v) is 3.16. The highest BCUT2D eigenvalue weighted by Crippen LogP contribution is 2.26. The quantitative estimate of drug-likeness (QED) is 0.629. The number of rotatable bonds is 7. The van der Waals surface area contributed by atoms with Crippen molar-refractivity contribution >= 4 is 11.8 Å². The van der Waals surface area contributed by atoms with Crippen LogP contribution in [0.15, 0.2) is 0 Å². The zero-order chi connectivity index (χ0) is 12.8. The SMILES string of the molecule is CCC(CCCC(C)(C)C(=O)OC)C(C)=O. The predicted molar refractivity (Wildman–Crippen MR) is 64.1 cm³/mol. The lowest BCUT2D eigenvalue weighted by Gasteiger charge is -2.22. The van der Waals surface area contributed by atoms with Crippen molar-refractivity contribution in [1.82, 2.24) is 0 Å². The van der Waals surface area contributed by atoms with Gasteiger partial charge in [0.1, 0.15) is 5.78 Å². The van der Waals surface area contributed by atoms with Gasteiger partial charge in [-0.05, 0) is 40.0 Å². The first-order valence-corrected chi connectivity index (χ1v) is 5.94.